The lowest BCUT2D eigenvalue weighted by Crippen LogP contribution is -2.31. The zero-order valence-corrected chi connectivity index (χ0v) is 11.4. The lowest BCUT2D eigenvalue weighted by atomic mass is 10.1. The Kier molecular flexibility index (Phi) is 4.34. The molecule has 0 fully saturated rings. The van der Waals surface area contributed by atoms with Gasteiger partial charge >= 0.3 is 0 Å². The number of amides is 1. The van der Waals surface area contributed by atoms with Gasteiger partial charge in [-0.3, -0.25) is 14.9 Å². The number of nitro groups is 1. The average molecular weight is 289 g/mol. The molecule has 2 rings (SSSR count). The van der Waals surface area contributed by atoms with E-state index in [2.05, 4.69) is 5.32 Å². The van der Waals surface area contributed by atoms with Crippen LogP contribution in [0.5, 0.6) is 0 Å². The fraction of sp³-hybridized carbons (Fsp3) is 0.214. The molecule has 110 valence electrons. The summed E-state index contributed by atoms with van der Waals surface area (Å²) in [6.45, 7) is -0.262. The summed E-state index contributed by atoms with van der Waals surface area (Å²) in [4.78, 5) is 22.3. The van der Waals surface area contributed by atoms with Crippen molar-refractivity contribution in [3.05, 3.63) is 64.0 Å². The van der Waals surface area contributed by atoms with Crippen molar-refractivity contribution in [2.45, 2.75) is 6.04 Å². The van der Waals surface area contributed by atoms with Crippen LogP contribution in [0.15, 0.2) is 42.6 Å². The van der Waals surface area contributed by atoms with E-state index in [9.17, 15) is 20.0 Å². The van der Waals surface area contributed by atoms with Gasteiger partial charge in [0.1, 0.15) is 5.69 Å². The van der Waals surface area contributed by atoms with Crippen LogP contribution in [0, 0.1) is 10.1 Å². The molecule has 7 heteroatoms. The summed E-state index contributed by atoms with van der Waals surface area (Å²) in [5, 5.41) is 22.8. The van der Waals surface area contributed by atoms with E-state index in [0.717, 1.165) is 5.56 Å². The van der Waals surface area contributed by atoms with Gasteiger partial charge in [0.15, 0.2) is 0 Å². The first-order valence-electron chi connectivity index (χ1n) is 6.30. The quantitative estimate of drug-likeness (QED) is 0.642. The monoisotopic (exact) mass is 289 g/mol. The van der Waals surface area contributed by atoms with Gasteiger partial charge in [0, 0.05) is 13.1 Å². The molecule has 1 aromatic heterocycles. The first-order valence-corrected chi connectivity index (χ1v) is 6.30. The number of carbonyl (C=O) groups excluding carboxylic acids is 1. The number of nitrogens with zero attached hydrogens (tertiary/aromatic N) is 2. The Bertz CT molecular complexity index is 651. The van der Waals surface area contributed by atoms with Crippen LogP contribution in [0.2, 0.25) is 0 Å². The van der Waals surface area contributed by atoms with Crippen molar-refractivity contribution < 1.29 is 14.8 Å². The summed E-state index contributed by atoms with van der Waals surface area (Å²) < 4.78 is 1.38. The second-order valence-electron chi connectivity index (χ2n) is 4.57. The van der Waals surface area contributed by atoms with Crippen LogP contribution in [0.25, 0.3) is 0 Å². The lowest BCUT2D eigenvalue weighted by Gasteiger charge is -2.16. The summed E-state index contributed by atoms with van der Waals surface area (Å²) in [7, 11) is 1.55. The van der Waals surface area contributed by atoms with Crippen LogP contribution in [-0.4, -0.2) is 27.1 Å². The molecule has 0 saturated carbocycles. The SMILES string of the molecule is Cn1cc([N+](=O)[O-])cc1C(=O)N[C@@H](CO)c1ccccc1. The molecule has 1 amide bonds. The van der Waals surface area contributed by atoms with Gasteiger partial charge in [-0.2, -0.15) is 0 Å². The second kappa shape index (κ2) is 6.19. The Morgan fingerprint density at radius 3 is 2.62 bits per heavy atom. The van der Waals surface area contributed by atoms with Gasteiger partial charge in [-0.15, -0.1) is 0 Å². The molecule has 1 aromatic carbocycles. The lowest BCUT2D eigenvalue weighted by molar-refractivity contribution is -0.384. The third kappa shape index (κ3) is 3.26. The van der Waals surface area contributed by atoms with Gasteiger partial charge in [0.05, 0.1) is 23.8 Å². The zero-order chi connectivity index (χ0) is 15.4. The zero-order valence-electron chi connectivity index (χ0n) is 11.4. The van der Waals surface area contributed by atoms with Crippen molar-refractivity contribution in [1.82, 2.24) is 9.88 Å². The van der Waals surface area contributed by atoms with Crippen LogP contribution in [0.3, 0.4) is 0 Å². The molecule has 0 saturated heterocycles. The highest BCUT2D eigenvalue weighted by molar-refractivity contribution is 5.93. The molecule has 21 heavy (non-hydrogen) atoms. The molecule has 2 N–H and O–H groups in total. The van der Waals surface area contributed by atoms with Crippen LogP contribution in [-0.2, 0) is 7.05 Å². The molecule has 0 aliphatic carbocycles. The maximum atomic E-state index is 12.2. The molecule has 0 aliphatic rings. The third-order valence-electron chi connectivity index (χ3n) is 3.12. The minimum absolute atomic E-state index is 0.150. The first-order chi connectivity index (χ1) is 10.0. The molecule has 1 heterocycles. The van der Waals surface area contributed by atoms with Crippen molar-refractivity contribution >= 4 is 11.6 Å². The fourth-order valence-electron chi connectivity index (χ4n) is 2.02. The van der Waals surface area contributed by atoms with Crippen molar-refractivity contribution in [1.29, 1.82) is 0 Å². The Hall–Kier alpha value is -2.67. The molecule has 0 radical (unpaired) electrons. The normalized spacial score (nSPS) is 11.9. The molecule has 0 spiro atoms. The molecule has 2 aromatic rings. The van der Waals surface area contributed by atoms with E-state index in [1.165, 1.54) is 16.8 Å². The highest BCUT2D eigenvalue weighted by Gasteiger charge is 2.20. The molecule has 0 bridgehead atoms. The topological polar surface area (TPSA) is 97.4 Å². The number of benzene rings is 1. The third-order valence-corrected chi connectivity index (χ3v) is 3.12. The highest BCUT2D eigenvalue weighted by atomic mass is 16.6. The van der Waals surface area contributed by atoms with Gasteiger partial charge in [-0.1, -0.05) is 30.3 Å². The molecule has 1 atom stereocenters. The van der Waals surface area contributed by atoms with Crippen LogP contribution in [0.4, 0.5) is 5.69 Å². The van der Waals surface area contributed by atoms with Crippen molar-refractivity contribution in [2.24, 2.45) is 7.05 Å². The van der Waals surface area contributed by atoms with E-state index in [1.54, 1.807) is 31.3 Å². The number of nitrogens with one attached hydrogen (secondary N) is 1. The van der Waals surface area contributed by atoms with Crippen LogP contribution < -0.4 is 5.32 Å². The number of rotatable bonds is 5. The molecular formula is C14H15N3O4. The van der Waals surface area contributed by atoms with E-state index < -0.39 is 16.9 Å². The van der Waals surface area contributed by atoms with Crippen molar-refractivity contribution in [2.75, 3.05) is 6.61 Å². The van der Waals surface area contributed by atoms with Crippen molar-refractivity contribution in [3.63, 3.8) is 0 Å². The molecular weight excluding hydrogens is 274 g/mol. The summed E-state index contributed by atoms with van der Waals surface area (Å²) in [6, 6.07) is 9.65. The second-order valence-corrected chi connectivity index (χ2v) is 4.57. The molecule has 0 unspecified atom stereocenters. The van der Waals surface area contributed by atoms with E-state index in [0.29, 0.717) is 0 Å². The van der Waals surface area contributed by atoms with Gasteiger partial charge in [-0.05, 0) is 5.56 Å². The fourth-order valence-corrected chi connectivity index (χ4v) is 2.02. The predicted molar refractivity (Wildman–Crippen MR) is 75.8 cm³/mol. The smallest absolute Gasteiger partial charge is 0.287 e. The van der Waals surface area contributed by atoms with Crippen molar-refractivity contribution in [3.8, 4) is 0 Å². The van der Waals surface area contributed by atoms with Gasteiger partial charge in [-0.25, -0.2) is 0 Å². The number of carbonyl (C=O) groups is 1. The van der Waals surface area contributed by atoms with Gasteiger partial charge in [0.2, 0.25) is 0 Å². The maximum Gasteiger partial charge on any atom is 0.287 e. The van der Waals surface area contributed by atoms with E-state index in [4.69, 9.17) is 0 Å². The minimum atomic E-state index is -0.562. The maximum absolute atomic E-state index is 12.2. The number of aromatic nitrogens is 1. The number of hydrogen-bond acceptors (Lipinski definition) is 4. The predicted octanol–water partition coefficient (Wildman–Crippen LogP) is 1.40. The van der Waals surface area contributed by atoms with Crippen LogP contribution in [0.1, 0.15) is 22.1 Å². The largest absolute Gasteiger partial charge is 0.394 e. The van der Waals surface area contributed by atoms with Gasteiger partial charge in [0.25, 0.3) is 11.6 Å². The highest BCUT2D eigenvalue weighted by Crippen LogP contribution is 2.17. The van der Waals surface area contributed by atoms with E-state index in [-0.39, 0.29) is 18.0 Å². The summed E-state index contributed by atoms with van der Waals surface area (Å²) in [5.41, 5.74) is 0.774. The van der Waals surface area contributed by atoms with Crippen LogP contribution >= 0.6 is 0 Å². The Labute approximate surface area is 121 Å². The number of aliphatic hydroxyl groups excluding tert-OH is 1. The minimum Gasteiger partial charge on any atom is -0.394 e. The van der Waals surface area contributed by atoms with E-state index >= 15 is 0 Å². The molecule has 7 nitrogen and oxygen atoms in total. The summed E-state index contributed by atoms with van der Waals surface area (Å²) >= 11 is 0. The van der Waals surface area contributed by atoms with E-state index in [1.807, 2.05) is 6.07 Å². The average Bonchev–Trinajstić information content (AvgIpc) is 2.88. The number of hydrogen-bond donors (Lipinski definition) is 2. The first kappa shape index (κ1) is 14.7. The number of aryl methyl sites for hydroxylation is 1. The Morgan fingerprint density at radius 1 is 1.43 bits per heavy atom. The standard InChI is InChI=1S/C14H15N3O4/c1-16-8-11(17(20)21)7-13(16)14(19)15-12(9-18)10-5-3-2-4-6-10/h2-8,12,18H,9H2,1H3,(H,15,19)/t12-/m0/s1. The van der Waals surface area contributed by atoms with Gasteiger partial charge < -0.3 is 15.0 Å². The Balaban J connectivity index is 2.19. The summed E-state index contributed by atoms with van der Waals surface area (Å²) in [5.74, 6) is -0.478. The number of aliphatic hydroxyl groups is 1. The molecule has 0 aliphatic heterocycles. The summed E-state index contributed by atoms with van der Waals surface area (Å²) in [6.07, 6.45) is 1.27. The Morgan fingerprint density at radius 2 is 2.10 bits per heavy atom.